The number of benzene rings is 1. The quantitative estimate of drug-likeness (QED) is 0.831. The lowest BCUT2D eigenvalue weighted by Gasteiger charge is -2.28. The number of pyridine rings is 1. The van der Waals surface area contributed by atoms with Crippen LogP contribution in [0.4, 0.5) is 0 Å². The number of imide groups is 1. The number of aromatic nitrogens is 1. The van der Waals surface area contributed by atoms with Gasteiger partial charge in [-0.25, -0.2) is 0 Å². The van der Waals surface area contributed by atoms with Crippen LogP contribution in [0.25, 0.3) is 10.9 Å². The highest BCUT2D eigenvalue weighted by atomic mass is 16.2. The molecule has 2 heterocycles. The molecule has 0 saturated carbocycles. The zero-order chi connectivity index (χ0) is 14.1. The second kappa shape index (κ2) is 5.02. The van der Waals surface area contributed by atoms with Crippen molar-refractivity contribution in [2.45, 2.75) is 25.4 Å². The van der Waals surface area contributed by atoms with Crippen LogP contribution in [0.2, 0.25) is 0 Å². The van der Waals surface area contributed by atoms with E-state index >= 15 is 0 Å². The molecule has 20 heavy (non-hydrogen) atoms. The number of piperidine rings is 1. The molecule has 2 N–H and O–H groups in total. The van der Waals surface area contributed by atoms with Crippen molar-refractivity contribution in [3.05, 3.63) is 42.1 Å². The first kappa shape index (κ1) is 12.7. The highest BCUT2D eigenvalue weighted by Crippen LogP contribution is 2.18. The predicted molar refractivity (Wildman–Crippen MR) is 74.5 cm³/mol. The van der Waals surface area contributed by atoms with Crippen molar-refractivity contribution in [1.82, 2.24) is 9.88 Å². The summed E-state index contributed by atoms with van der Waals surface area (Å²) in [6.07, 6.45) is 2.51. The van der Waals surface area contributed by atoms with Crippen molar-refractivity contribution in [2.24, 2.45) is 5.73 Å². The van der Waals surface area contributed by atoms with Gasteiger partial charge < -0.3 is 5.73 Å². The molecule has 102 valence electrons. The fourth-order valence-electron chi connectivity index (χ4n) is 2.43. The van der Waals surface area contributed by atoms with E-state index in [1.807, 2.05) is 30.3 Å². The number of likely N-dealkylation sites (tertiary alicyclic amines) is 1. The van der Waals surface area contributed by atoms with Gasteiger partial charge in [-0.1, -0.05) is 12.1 Å². The van der Waals surface area contributed by atoms with Gasteiger partial charge in [0.25, 0.3) is 0 Å². The minimum atomic E-state index is -0.560. The van der Waals surface area contributed by atoms with Crippen molar-refractivity contribution in [3.63, 3.8) is 0 Å². The van der Waals surface area contributed by atoms with Crippen molar-refractivity contribution < 1.29 is 9.59 Å². The molecule has 2 aromatic rings. The van der Waals surface area contributed by atoms with Crippen LogP contribution >= 0.6 is 0 Å². The summed E-state index contributed by atoms with van der Waals surface area (Å²) in [5.41, 5.74) is 7.52. The molecule has 1 aromatic heterocycles. The van der Waals surface area contributed by atoms with E-state index in [-0.39, 0.29) is 18.4 Å². The average Bonchev–Trinajstić information content (AvgIpc) is 2.47. The Morgan fingerprint density at radius 1 is 1.30 bits per heavy atom. The van der Waals surface area contributed by atoms with Crippen LogP contribution < -0.4 is 5.73 Å². The number of carbonyl (C=O) groups is 2. The van der Waals surface area contributed by atoms with Crippen LogP contribution in [0.1, 0.15) is 18.4 Å². The van der Waals surface area contributed by atoms with Crippen molar-refractivity contribution in [3.8, 4) is 0 Å². The molecule has 1 aliphatic heterocycles. The Labute approximate surface area is 116 Å². The average molecular weight is 269 g/mol. The molecule has 1 atom stereocenters. The molecule has 1 saturated heterocycles. The topological polar surface area (TPSA) is 76.3 Å². The van der Waals surface area contributed by atoms with Gasteiger partial charge in [0.05, 0.1) is 18.1 Å². The number of hydrogen-bond donors (Lipinski definition) is 1. The first-order valence-electron chi connectivity index (χ1n) is 6.58. The number of amides is 2. The number of carbonyl (C=O) groups excluding carboxylic acids is 2. The first-order valence-corrected chi connectivity index (χ1v) is 6.58. The summed E-state index contributed by atoms with van der Waals surface area (Å²) in [4.78, 5) is 29.3. The Hall–Kier alpha value is -2.27. The molecule has 5 heteroatoms. The highest BCUT2D eigenvalue weighted by Gasteiger charge is 2.31. The number of nitrogens with zero attached hydrogens (tertiary/aromatic N) is 2. The van der Waals surface area contributed by atoms with Crippen LogP contribution in [0.5, 0.6) is 0 Å². The molecule has 0 radical (unpaired) electrons. The second-order valence-electron chi connectivity index (χ2n) is 4.99. The third-order valence-corrected chi connectivity index (χ3v) is 3.56. The fraction of sp³-hybridized carbons (Fsp3) is 0.267. The molecule has 5 nitrogen and oxygen atoms in total. The second-order valence-corrected chi connectivity index (χ2v) is 4.99. The van der Waals surface area contributed by atoms with E-state index in [0.29, 0.717) is 12.8 Å². The molecule has 2 amide bonds. The summed E-state index contributed by atoms with van der Waals surface area (Å²) in [5.74, 6) is -0.435. The summed E-state index contributed by atoms with van der Waals surface area (Å²) in [5, 5.41) is 0.992. The fourth-order valence-corrected chi connectivity index (χ4v) is 2.43. The van der Waals surface area contributed by atoms with Gasteiger partial charge in [0.2, 0.25) is 11.8 Å². The van der Waals surface area contributed by atoms with Gasteiger partial charge in [0.1, 0.15) is 0 Å². The number of hydrogen-bond acceptors (Lipinski definition) is 4. The molecular formula is C15H15N3O2. The number of fused-ring (bicyclic) bond motifs is 1. The van der Waals surface area contributed by atoms with Crippen LogP contribution in [0.3, 0.4) is 0 Å². The third-order valence-electron chi connectivity index (χ3n) is 3.56. The lowest BCUT2D eigenvalue weighted by atomic mass is 10.0. The number of rotatable bonds is 2. The van der Waals surface area contributed by atoms with Gasteiger partial charge in [-0.2, -0.15) is 0 Å². The number of nitrogens with two attached hydrogens (primary N) is 1. The molecule has 1 aromatic carbocycles. The molecule has 0 aliphatic carbocycles. The van der Waals surface area contributed by atoms with E-state index in [9.17, 15) is 9.59 Å². The monoisotopic (exact) mass is 269 g/mol. The van der Waals surface area contributed by atoms with E-state index < -0.39 is 6.04 Å². The van der Waals surface area contributed by atoms with Crippen molar-refractivity contribution in [2.75, 3.05) is 0 Å². The van der Waals surface area contributed by atoms with E-state index in [0.717, 1.165) is 16.5 Å². The normalized spacial score (nSPS) is 19.6. The Bertz CT molecular complexity index is 684. The van der Waals surface area contributed by atoms with Crippen molar-refractivity contribution in [1.29, 1.82) is 0 Å². The van der Waals surface area contributed by atoms with E-state index in [1.165, 1.54) is 4.90 Å². The van der Waals surface area contributed by atoms with Gasteiger partial charge in [-0.3, -0.25) is 19.5 Å². The summed E-state index contributed by atoms with van der Waals surface area (Å²) in [6.45, 7) is 0.274. The Balaban J connectivity index is 1.88. The first-order chi connectivity index (χ1) is 9.65. The van der Waals surface area contributed by atoms with Crippen molar-refractivity contribution >= 4 is 22.7 Å². The molecule has 3 rings (SSSR count). The van der Waals surface area contributed by atoms with E-state index in [1.54, 1.807) is 6.20 Å². The van der Waals surface area contributed by atoms with E-state index in [2.05, 4.69) is 4.98 Å². The third kappa shape index (κ3) is 2.28. The summed E-state index contributed by atoms with van der Waals surface area (Å²) in [7, 11) is 0. The summed E-state index contributed by atoms with van der Waals surface area (Å²) in [6, 6.07) is 8.98. The van der Waals surface area contributed by atoms with Crippen LogP contribution in [0.15, 0.2) is 36.5 Å². The largest absolute Gasteiger partial charge is 0.320 e. The molecule has 0 spiro atoms. The SMILES string of the molecule is NC1CCC(=O)N(Cc2ccc3ncccc3c2)C1=O. The standard InChI is InChI=1S/C15H15N3O2/c16-12-4-6-14(19)18(15(12)20)9-10-3-5-13-11(8-10)2-1-7-17-13/h1-3,5,7-8,12H,4,6,9,16H2. The minimum Gasteiger partial charge on any atom is -0.320 e. The highest BCUT2D eigenvalue weighted by molar-refractivity contribution is 6.00. The predicted octanol–water partition coefficient (Wildman–Crippen LogP) is 1.21. The zero-order valence-corrected chi connectivity index (χ0v) is 11.0. The van der Waals surface area contributed by atoms with Crippen LogP contribution in [-0.2, 0) is 16.1 Å². The minimum absolute atomic E-state index is 0.150. The van der Waals surface area contributed by atoms with Gasteiger partial charge in [0.15, 0.2) is 0 Å². The maximum Gasteiger partial charge on any atom is 0.246 e. The Kier molecular flexibility index (Phi) is 3.20. The summed E-state index contributed by atoms with van der Waals surface area (Å²) >= 11 is 0. The molecule has 0 bridgehead atoms. The van der Waals surface area contributed by atoms with Gasteiger partial charge in [-0.15, -0.1) is 0 Å². The zero-order valence-electron chi connectivity index (χ0n) is 11.0. The van der Waals surface area contributed by atoms with Gasteiger partial charge in [-0.05, 0) is 30.2 Å². The van der Waals surface area contributed by atoms with Gasteiger partial charge >= 0.3 is 0 Å². The molecule has 1 aliphatic rings. The maximum atomic E-state index is 12.0. The van der Waals surface area contributed by atoms with Crippen LogP contribution in [0, 0.1) is 0 Å². The Morgan fingerprint density at radius 2 is 2.15 bits per heavy atom. The van der Waals surface area contributed by atoms with E-state index in [4.69, 9.17) is 5.73 Å². The van der Waals surface area contributed by atoms with Gasteiger partial charge in [0, 0.05) is 18.0 Å². The molecular weight excluding hydrogens is 254 g/mol. The molecule has 1 fully saturated rings. The smallest absolute Gasteiger partial charge is 0.246 e. The molecule has 1 unspecified atom stereocenters. The lowest BCUT2D eigenvalue weighted by molar-refractivity contribution is -0.149. The van der Waals surface area contributed by atoms with Crippen LogP contribution in [-0.4, -0.2) is 27.7 Å². The summed E-state index contributed by atoms with van der Waals surface area (Å²) < 4.78 is 0. The lowest BCUT2D eigenvalue weighted by Crippen LogP contribution is -2.50. The Morgan fingerprint density at radius 3 is 3.00 bits per heavy atom. The maximum absolute atomic E-state index is 12.0.